The molecule has 2 saturated heterocycles. The van der Waals surface area contributed by atoms with Gasteiger partial charge in [-0.2, -0.15) is 0 Å². The second-order valence-corrected chi connectivity index (χ2v) is 6.40. The van der Waals surface area contributed by atoms with Crippen LogP contribution in [0.2, 0.25) is 0 Å². The van der Waals surface area contributed by atoms with E-state index in [0.29, 0.717) is 12.2 Å². The van der Waals surface area contributed by atoms with Crippen molar-refractivity contribution in [3.63, 3.8) is 0 Å². The number of nitro groups is 1. The Morgan fingerprint density at radius 2 is 2.31 bits per heavy atom. The molecule has 0 saturated carbocycles. The van der Waals surface area contributed by atoms with Crippen LogP contribution in [0.3, 0.4) is 0 Å². The van der Waals surface area contributed by atoms with Gasteiger partial charge in [0.05, 0.1) is 35.8 Å². The van der Waals surface area contributed by atoms with Crippen LogP contribution in [0.1, 0.15) is 19.3 Å². The van der Waals surface area contributed by atoms with Gasteiger partial charge in [0.2, 0.25) is 11.8 Å². The predicted octanol–water partition coefficient (Wildman–Crippen LogP) is 1.25. The van der Waals surface area contributed by atoms with E-state index < -0.39 is 10.8 Å². The molecule has 3 rings (SSSR count). The van der Waals surface area contributed by atoms with Gasteiger partial charge in [0.25, 0.3) is 5.69 Å². The SMILES string of the molecule is COc1cc([N+](=O)[O-])ccc1N1C[C@H](C(=O)NC[C@@H]2CCCO2)CC1=O. The minimum Gasteiger partial charge on any atom is -0.494 e. The van der Waals surface area contributed by atoms with E-state index in [-0.39, 0.29) is 42.3 Å². The van der Waals surface area contributed by atoms with E-state index in [9.17, 15) is 19.7 Å². The number of carbonyl (C=O) groups is 2. The Morgan fingerprint density at radius 3 is 2.96 bits per heavy atom. The molecule has 26 heavy (non-hydrogen) atoms. The number of ether oxygens (including phenoxy) is 2. The smallest absolute Gasteiger partial charge is 0.273 e. The molecular weight excluding hydrogens is 342 g/mol. The molecule has 2 heterocycles. The highest BCUT2D eigenvalue weighted by Crippen LogP contribution is 2.35. The van der Waals surface area contributed by atoms with Crippen LogP contribution in [0.15, 0.2) is 18.2 Å². The summed E-state index contributed by atoms with van der Waals surface area (Å²) in [4.78, 5) is 36.5. The molecule has 0 unspecified atom stereocenters. The lowest BCUT2D eigenvalue weighted by Crippen LogP contribution is -2.37. The topological polar surface area (TPSA) is 111 Å². The van der Waals surface area contributed by atoms with Crippen LogP contribution in [0, 0.1) is 16.0 Å². The number of carbonyl (C=O) groups excluding carboxylic acids is 2. The van der Waals surface area contributed by atoms with Crippen molar-refractivity contribution in [2.75, 3.05) is 31.7 Å². The summed E-state index contributed by atoms with van der Waals surface area (Å²) in [6.07, 6.45) is 2.06. The molecule has 1 N–H and O–H groups in total. The van der Waals surface area contributed by atoms with Crippen molar-refractivity contribution in [1.82, 2.24) is 5.32 Å². The number of benzene rings is 1. The van der Waals surface area contributed by atoms with E-state index in [1.54, 1.807) is 0 Å². The molecule has 0 radical (unpaired) electrons. The molecule has 2 aliphatic heterocycles. The van der Waals surface area contributed by atoms with Gasteiger partial charge in [-0.3, -0.25) is 19.7 Å². The lowest BCUT2D eigenvalue weighted by molar-refractivity contribution is -0.384. The molecule has 1 aromatic carbocycles. The van der Waals surface area contributed by atoms with Crippen LogP contribution in [-0.2, 0) is 14.3 Å². The third-order valence-electron chi connectivity index (χ3n) is 4.69. The zero-order chi connectivity index (χ0) is 18.7. The van der Waals surface area contributed by atoms with Gasteiger partial charge < -0.3 is 19.7 Å². The summed E-state index contributed by atoms with van der Waals surface area (Å²) in [5, 5.41) is 13.7. The minimum atomic E-state index is -0.528. The van der Waals surface area contributed by atoms with E-state index in [1.165, 1.54) is 30.2 Å². The number of anilines is 1. The largest absolute Gasteiger partial charge is 0.494 e. The fourth-order valence-electron chi connectivity index (χ4n) is 3.28. The van der Waals surface area contributed by atoms with Crippen LogP contribution in [0.25, 0.3) is 0 Å². The first-order valence-corrected chi connectivity index (χ1v) is 8.51. The van der Waals surface area contributed by atoms with Crippen molar-refractivity contribution >= 4 is 23.2 Å². The average molecular weight is 363 g/mol. The van der Waals surface area contributed by atoms with Gasteiger partial charge in [-0.25, -0.2) is 0 Å². The van der Waals surface area contributed by atoms with Gasteiger partial charge in [-0.15, -0.1) is 0 Å². The van der Waals surface area contributed by atoms with Gasteiger partial charge in [0.15, 0.2) is 0 Å². The average Bonchev–Trinajstić information content (AvgIpc) is 3.28. The summed E-state index contributed by atoms with van der Waals surface area (Å²) >= 11 is 0. The Morgan fingerprint density at radius 1 is 1.50 bits per heavy atom. The van der Waals surface area contributed by atoms with Crippen molar-refractivity contribution in [1.29, 1.82) is 0 Å². The number of hydrogen-bond acceptors (Lipinski definition) is 6. The molecule has 0 bridgehead atoms. The van der Waals surface area contributed by atoms with Gasteiger partial charge in [0.1, 0.15) is 5.75 Å². The number of hydrogen-bond donors (Lipinski definition) is 1. The summed E-state index contributed by atoms with van der Waals surface area (Å²) in [5.41, 5.74) is 0.306. The Labute approximate surface area is 150 Å². The fraction of sp³-hybridized carbons (Fsp3) is 0.529. The van der Waals surface area contributed by atoms with Crippen molar-refractivity contribution in [2.45, 2.75) is 25.4 Å². The number of amides is 2. The number of rotatable bonds is 6. The molecule has 2 fully saturated rings. The van der Waals surface area contributed by atoms with Gasteiger partial charge >= 0.3 is 0 Å². The highest BCUT2D eigenvalue weighted by atomic mass is 16.6. The maximum absolute atomic E-state index is 12.4. The number of nitrogens with one attached hydrogen (secondary N) is 1. The van der Waals surface area contributed by atoms with Crippen molar-refractivity contribution < 1.29 is 24.0 Å². The fourth-order valence-corrected chi connectivity index (χ4v) is 3.28. The summed E-state index contributed by atoms with van der Waals surface area (Å²) in [5.74, 6) is -0.636. The minimum absolute atomic E-state index is 0.0434. The number of non-ortho nitro benzene ring substituents is 1. The van der Waals surface area contributed by atoms with Gasteiger partial charge in [-0.05, 0) is 18.9 Å². The number of methoxy groups -OCH3 is 1. The molecule has 140 valence electrons. The van der Waals surface area contributed by atoms with E-state index in [2.05, 4.69) is 5.32 Å². The monoisotopic (exact) mass is 363 g/mol. The Hall–Kier alpha value is -2.68. The normalized spacial score (nSPS) is 22.5. The van der Waals surface area contributed by atoms with Crippen molar-refractivity contribution in [3.8, 4) is 5.75 Å². The first-order chi connectivity index (χ1) is 12.5. The highest BCUT2D eigenvalue weighted by molar-refractivity contribution is 6.01. The predicted molar refractivity (Wildman–Crippen MR) is 92.1 cm³/mol. The quantitative estimate of drug-likeness (QED) is 0.601. The third-order valence-corrected chi connectivity index (χ3v) is 4.69. The first kappa shape index (κ1) is 18.1. The summed E-state index contributed by atoms with van der Waals surface area (Å²) in [7, 11) is 1.38. The molecule has 0 aliphatic carbocycles. The summed E-state index contributed by atoms with van der Waals surface area (Å²) in [6, 6.07) is 4.06. The Balaban J connectivity index is 1.67. The van der Waals surface area contributed by atoms with Gasteiger partial charge in [0, 0.05) is 32.2 Å². The zero-order valence-electron chi connectivity index (χ0n) is 14.5. The lowest BCUT2D eigenvalue weighted by Gasteiger charge is -2.19. The second kappa shape index (κ2) is 7.69. The van der Waals surface area contributed by atoms with Crippen LogP contribution in [0.5, 0.6) is 5.75 Å². The van der Waals surface area contributed by atoms with E-state index in [1.807, 2.05) is 0 Å². The number of nitro benzene ring substituents is 1. The van der Waals surface area contributed by atoms with Crippen LogP contribution >= 0.6 is 0 Å². The molecule has 1 aromatic rings. The van der Waals surface area contributed by atoms with Crippen LogP contribution in [0.4, 0.5) is 11.4 Å². The molecule has 2 amide bonds. The standard InChI is InChI=1S/C17H21N3O6/c1-25-15-8-12(20(23)24)4-5-14(15)19-10-11(7-16(19)21)17(22)18-9-13-3-2-6-26-13/h4-5,8,11,13H,2-3,6-7,9-10H2,1H3,(H,18,22)/t11-,13+/m1/s1. The Kier molecular flexibility index (Phi) is 5.36. The van der Waals surface area contributed by atoms with E-state index in [4.69, 9.17) is 9.47 Å². The maximum Gasteiger partial charge on any atom is 0.273 e. The zero-order valence-corrected chi connectivity index (χ0v) is 14.5. The molecule has 2 aliphatic rings. The van der Waals surface area contributed by atoms with Crippen molar-refractivity contribution in [2.24, 2.45) is 5.92 Å². The Bertz CT molecular complexity index is 716. The molecule has 9 nitrogen and oxygen atoms in total. The van der Waals surface area contributed by atoms with E-state index >= 15 is 0 Å². The van der Waals surface area contributed by atoms with Crippen LogP contribution in [-0.4, -0.2) is 49.6 Å². The molecule has 2 atom stereocenters. The lowest BCUT2D eigenvalue weighted by atomic mass is 10.1. The van der Waals surface area contributed by atoms with Crippen molar-refractivity contribution in [3.05, 3.63) is 28.3 Å². The molecule has 0 spiro atoms. The molecule has 9 heteroatoms. The summed E-state index contributed by atoms with van der Waals surface area (Å²) < 4.78 is 10.7. The molecular formula is C17H21N3O6. The third kappa shape index (κ3) is 3.77. The van der Waals surface area contributed by atoms with E-state index in [0.717, 1.165) is 19.4 Å². The van der Waals surface area contributed by atoms with Crippen LogP contribution < -0.4 is 15.0 Å². The second-order valence-electron chi connectivity index (χ2n) is 6.40. The first-order valence-electron chi connectivity index (χ1n) is 8.51. The molecule has 0 aromatic heterocycles. The highest BCUT2D eigenvalue weighted by Gasteiger charge is 2.36. The summed E-state index contributed by atoms with van der Waals surface area (Å²) in [6.45, 7) is 1.38. The number of nitrogens with zero attached hydrogens (tertiary/aromatic N) is 2. The maximum atomic E-state index is 12.4. The van der Waals surface area contributed by atoms with Gasteiger partial charge in [-0.1, -0.05) is 0 Å².